The number of aryl methyl sites for hydroxylation is 1. The van der Waals surface area contributed by atoms with Crippen LogP contribution in [-0.4, -0.2) is 29.4 Å². The summed E-state index contributed by atoms with van der Waals surface area (Å²) in [5.74, 6) is 3.53. The van der Waals surface area contributed by atoms with Crippen molar-refractivity contribution in [3.63, 3.8) is 0 Å². The van der Waals surface area contributed by atoms with E-state index in [2.05, 4.69) is 48.3 Å². The van der Waals surface area contributed by atoms with Gasteiger partial charge in [0.1, 0.15) is 17.5 Å². The van der Waals surface area contributed by atoms with E-state index in [0.717, 1.165) is 46.6 Å². The van der Waals surface area contributed by atoms with Crippen LogP contribution in [0.2, 0.25) is 0 Å². The molecule has 4 aromatic rings. The number of aromatic nitrogens is 6. The van der Waals surface area contributed by atoms with Crippen LogP contribution in [-0.2, 0) is 13.5 Å². The number of fused-ring (bicyclic) bond motifs is 1. The van der Waals surface area contributed by atoms with Gasteiger partial charge in [0.25, 0.3) is 0 Å². The van der Waals surface area contributed by atoms with Gasteiger partial charge in [-0.2, -0.15) is 5.10 Å². The van der Waals surface area contributed by atoms with Crippen molar-refractivity contribution in [2.24, 2.45) is 13.0 Å². The van der Waals surface area contributed by atoms with E-state index >= 15 is 0 Å². The normalized spacial score (nSPS) is 14.0. The molecule has 0 amide bonds. The van der Waals surface area contributed by atoms with Crippen molar-refractivity contribution in [2.45, 2.75) is 19.3 Å². The number of hydrogen-bond acceptors (Lipinski definition) is 5. The Balaban J connectivity index is 1.45. The second kappa shape index (κ2) is 5.94. The van der Waals surface area contributed by atoms with Crippen LogP contribution in [0.4, 0.5) is 11.6 Å². The summed E-state index contributed by atoms with van der Waals surface area (Å²) in [4.78, 5) is 4.40. The van der Waals surface area contributed by atoms with Crippen LogP contribution < -0.4 is 5.32 Å². The van der Waals surface area contributed by atoms with E-state index in [1.165, 1.54) is 12.8 Å². The molecule has 5 rings (SSSR count). The summed E-state index contributed by atoms with van der Waals surface area (Å²) in [6.45, 7) is 0. The molecule has 1 aliphatic carbocycles. The lowest BCUT2D eigenvalue weighted by molar-refractivity contribution is 0.758. The molecule has 4 aromatic heterocycles. The summed E-state index contributed by atoms with van der Waals surface area (Å²) in [6.07, 6.45) is 9.28. The van der Waals surface area contributed by atoms with Crippen LogP contribution in [0.5, 0.6) is 0 Å². The molecule has 0 aromatic carbocycles. The van der Waals surface area contributed by atoms with Gasteiger partial charge in [-0.05, 0) is 54.2 Å². The maximum absolute atomic E-state index is 4.40. The van der Waals surface area contributed by atoms with Crippen LogP contribution in [0.25, 0.3) is 16.8 Å². The van der Waals surface area contributed by atoms with Crippen molar-refractivity contribution in [1.29, 1.82) is 0 Å². The average Bonchev–Trinajstić information content (AvgIpc) is 3.26. The van der Waals surface area contributed by atoms with E-state index in [4.69, 9.17) is 0 Å². The zero-order chi connectivity index (χ0) is 17.5. The fraction of sp³-hybridized carbons (Fsp3) is 0.263. The summed E-state index contributed by atoms with van der Waals surface area (Å²) in [5, 5.41) is 16.2. The van der Waals surface area contributed by atoms with Crippen LogP contribution in [0, 0.1) is 5.92 Å². The van der Waals surface area contributed by atoms with Gasteiger partial charge < -0.3 is 5.32 Å². The maximum Gasteiger partial charge on any atom is 0.161 e. The molecule has 4 heterocycles. The third kappa shape index (κ3) is 2.81. The van der Waals surface area contributed by atoms with Crippen LogP contribution >= 0.6 is 0 Å². The minimum Gasteiger partial charge on any atom is -0.325 e. The van der Waals surface area contributed by atoms with Gasteiger partial charge in [-0.25, -0.2) is 4.98 Å². The molecule has 1 aliphatic rings. The zero-order valence-corrected chi connectivity index (χ0v) is 14.5. The number of pyridine rings is 2. The molecule has 1 saturated carbocycles. The fourth-order valence-electron chi connectivity index (χ4n) is 3.15. The molecule has 0 atom stereocenters. The van der Waals surface area contributed by atoms with E-state index in [9.17, 15) is 0 Å². The van der Waals surface area contributed by atoms with Crippen LogP contribution in [0.1, 0.15) is 18.7 Å². The Morgan fingerprint density at radius 1 is 1.08 bits per heavy atom. The lowest BCUT2D eigenvalue weighted by Crippen LogP contribution is -2.00. The first kappa shape index (κ1) is 15.1. The van der Waals surface area contributed by atoms with Crippen molar-refractivity contribution in [1.82, 2.24) is 29.4 Å². The Bertz CT molecular complexity index is 1070. The second-order valence-corrected chi connectivity index (χ2v) is 6.80. The summed E-state index contributed by atoms with van der Waals surface area (Å²) in [6, 6.07) is 10.1. The molecule has 130 valence electrons. The molecular formula is C19H19N7. The van der Waals surface area contributed by atoms with Crippen LogP contribution in [0.15, 0.2) is 48.9 Å². The molecule has 7 nitrogen and oxygen atoms in total. The minimum absolute atomic E-state index is 0.780. The highest BCUT2D eigenvalue weighted by atomic mass is 15.3. The zero-order valence-electron chi connectivity index (χ0n) is 14.5. The first-order valence-electron chi connectivity index (χ1n) is 8.81. The quantitative estimate of drug-likeness (QED) is 0.601. The van der Waals surface area contributed by atoms with Gasteiger partial charge in [-0.15, -0.1) is 10.2 Å². The van der Waals surface area contributed by atoms with Crippen molar-refractivity contribution < 1.29 is 0 Å². The Hall–Kier alpha value is -3.22. The van der Waals surface area contributed by atoms with E-state index < -0.39 is 0 Å². The molecule has 0 bridgehead atoms. The van der Waals surface area contributed by atoms with E-state index in [-0.39, 0.29) is 0 Å². The van der Waals surface area contributed by atoms with Crippen molar-refractivity contribution in [2.75, 3.05) is 5.32 Å². The highest BCUT2D eigenvalue weighted by Gasteiger charge is 2.24. The summed E-state index contributed by atoms with van der Waals surface area (Å²) >= 11 is 0. The predicted molar refractivity (Wildman–Crippen MR) is 99.1 cm³/mol. The molecule has 1 fully saturated rings. The maximum atomic E-state index is 4.40. The molecule has 26 heavy (non-hydrogen) atoms. The molecule has 1 N–H and O–H groups in total. The topological polar surface area (TPSA) is 72.9 Å². The number of rotatable bonds is 5. The van der Waals surface area contributed by atoms with Gasteiger partial charge >= 0.3 is 0 Å². The van der Waals surface area contributed by atoms with Crippen molar-refractivity contribution >= 4 is 17.3 Å². The van der Waals surface area contributed by atoms with Gasteiger partial charge in [0.2, 0.25) is 0 Å². The molecule has 0 radical (unpaired) electrons. The van der Waals surface area contributed by atoms with Crippen molar-refractivity contribution in [3.8, 4) is 11.1 Å². The monoisotopic (exact) mass is 345 g/mol. The first-order valence-corrected chi connectivity index (χ1v) is 8.81. The van der Waals surface area contributed by atoms with E-state index in [1.54, 1.807) is 17.1 Å². The number of hydrogen-bond donors (Lipinski definition) is 1. The summed E-state index contributed by atoms with van der Waals surface area (Å²) in [5.41, 5.74) is 3.06. The number of nitrogens with zero attached hydrogens (tertiary/aromatic N) is 6. The highest BCUT2D eigenvalue weighted by Crippen LogP contribution is 2.32. The third-order valence-corrected chi connectivity index (χ3v) is 4.82. The van der Waals surface area contributed by atoms with Gasteiger partial charge in [-0.3, -0.25) is 9.08 Å². The smallest absolute Gasteiger partial charge is 0.161 e. The van der Waals surface area contributed by atoms with Gasteiger partial charge in [0, 0.05) is 31.9 Å². The molecule has 0 aliphatic heterocycles. The largest absolute Gasteiger partial charge is 0.325 e. The van der Waals surface area contributed by atoms with Gasteiger partial charge in [0.15, 0.2) is 5.65 Å². The van der Waals surface area contributed by atoms with Crippen LogP contribution in [0.3, 0.4) is 0 Å². The fourth-order valence-corrected chi connectivity index (χ4v) is 3.15. The van der Waals surface area contributed by atoms with Gasteiger partial charge in [-0.1, -0.05) is 0 Å². The molecule has 0 spiro atoms. The lowest BCUT2D eigenvalue weighted by atomic mass is 10.1. The number of nitrogens with one attached hydrogen (secondary N) is 1. The van der Waals surface area contributed by atoms with Gasteiger partial charge in [0.05, 0.1) is 6.20 Å². The van der Waals surface area contributed by atoms with Crippen molar-refractivity contribution in [3.05, 3.63) is 54.7 Å². The molecular weight excluding hydrogens is 326 g/mol. The molecule has 7 heteroatoms. The SMILES string of the molecule is Cn1nccc1Nc1cc(-c2ccn3c(CC4CC4)nnc3c2)ccn1. The lowest BCUT2D eigenvalue weighted by Gasteiger charge is -2.08. The average molecular weight is 345 g/mol. The Morgan fingerprint density at radius 3 is 2.77 bits per heavy atom. The molecule has 0 unspecified atom stereocenters. The minimum atomic E-state index is 0.780. The molecule has 0 saturated heterocycles. The predicted octanol–water partition coefficient (Wildman–Crippen LogP) is 3.22. The summed E-state index contributed by atoms with van der Waals surface area (Å²) < 4.78 is 3.87. The Kier molecular flexibility index (Phi) is 3.44. The third-order valence-electron chi connectivity index (χ3n) is 4.82. The number of anilines is 2. The highest BCUT2D eigenvalue weighted by molar-refractivity contribution is 5.70. The Morgan fingerprint density at radius 2 is 1.96 bits per heavy atom. The van der Waals surface area contributed by atoms with E-state index in [0.29, 0.717) is 0 Å². The first-order chi connectivity index (χ1) is 12.8. The van der Waals surface area contributed by atoms with E-state index in [1.807, 2.05) is 25.2 Å². The second-order valence-electron chi connectivity index (χ2n) is 6.80. The standard InChI is InChI=1S/C19H19N7/c1-25-17(5-8-21-25)22-16-11-14(4-7-20-16)15-6-9-26-18(10-13-2-3-13)23-24-19(26)12-15/h4-9,11-13H,2-3,10H2,1H3,(H,20,22). The summed E-state index contributed by atoms with van der Waals surface area (Å²) in [7, 11) is 1.89. The Labute approximate surface area is 150 Å².